The van der Waals surface area contributed by atoms with E-state index in [0.717, 1.165) is 12.8 Å². The van der Waals surface area contributed by atoms with Crippen LogP contribution in [0.4, 0.5) is 11.4 Å². The fourth-order valence-electron chi connectivity index (χ4n) is 3.47. The minimum atomic E-state index is -3.80. The predicted octanol–water partition coefficient (Wildman–Crippen LogP) is 4.61. The van der Waals surface area contributed by atoms with Crippen molar-refractivity contribution >= 4 is 44.8 Å². The second-order valence-corrected chi connectivity index (χ2v) is 10.7. The summed E-state index contributed by atoms with van der Waals surface area (Å²) in [6, 6.07) is 10.9. The summed E-state index contributed by atoms with van der Waals surface area (Å²) in [5.41, 5.74) is 1.33. The monoisotopic (exact) mass is 477 g/mol. The molecule has 1 saturated heterocycles. The van der Waals surface area contributed by atoms with Gasteiger partial charge in [0.1, 0.15) is 4.90 Å². The highest BCUT2D eigenvalue weighted by Crippen LogP contribution is 2.29. The SMILES string of the molecule is CC(C)C(=O)Nc1ccc(NC(=O)c2ccc(Cl)c(S(=O)(=O)N3CCC[C@H](C)C3)c2)cc1. The third-order valence-electron chi connectivity index (χ3n) is 5.37. The van der Waals surface area contributed by atoms with E-state index in [1.807, 2.05) is 6.92 Å². The molecule has 2 amide bonds. The lowest BCUT2D eigenvalue weighted by molar-refractivity contribution is -0.118. The Bertz CT molecular complexity index is 1100. The minimum absolute atomic E-state index is 0.0623. The summed E-state index contributed by atoms with van der Waals surface area (Å²) < 4.78 is 27.7. The number of rotatable bonds is 6. The molecule has 2 aromatic rings. The predicted molar refractivity (Wildman–Crippen MR) is 126 cm³/mol. The van der Waals surface area contributed by atoms with E-state index >= 15 is 0 Å². The zero-order valence-corrected chi connectivity index (χ0v) is 20.0. The number of hydrogen-bond donors (Lipinski definition) is 2. The van der Waals surface area contributed by atoms with Gasteiger partial charge < -0.3 is 10.6 Å². The largest absolute Gasteiger partial charge is 0.326 e. The highest BCUT2D eigenvalue weighted by molar-refractivity contribution is 7.89. The van der Waals surface area contributed by atoms with Gasteiger partial charge in [-0.05, 0) is 61.2 Å². The molecule has 0 radical (unpaired) electrons. The fraction of sp³-hybridized carbons (Fsp3) is 0.391. The quantitative estimate of drug-likeness (QED) is 0.635. The van der Waals surface area contributed by atoms with Crippen LogP contribution in [-0.2, 0) is 14.8 Å². The topological polar surface area (TPSA) is 95.6 Å². The van der Waals surface area contributed by atoms with Crippen LogP contribution in [0.25, 0.3) is 0 Å². The maximum atomic E-state index is 13.1. The molecular formula is C23H28ClN3O4S. The van der Waals surface area contributed by atoms with Crippen molar-refractivity contribution in [2.75, 3.05) is 23.7 Å². The number of hydrogen-bond acceptors (Lipinski definition) is 4. The molecule has 9 heteroatoms. The van der Waals surface area contributed by atoms with Gasteiger partial charge >= 0.3 is 0 Å². The van der Waals surface area contributed by atoms with Gasteiger partial charge in [0, 0.05) is 35.9 Å². The van der Waals surface area contributed by atoms with Crippen LogP contribution in [0.1, 0.15) is 44.0 Å². The molecule has 32 heavy (non-hydrogen) atoms. The van der Waals surface area contributed by atoms with Crippen LogP contribution in [0.5, 0.6) is 0 Å². The molecule has 0 aliphatic carbocycles. The zero-order chi connectivity index (χ0) is 23.5. The number of anilines is 2. The smallest absolute Gasteiger partial charge is 0.255 e. The molecule has 0 bridgehead atoms. The fourth-order valence-corrected chi connectivity index (χ4v) is 5.57. The van der Waals surface area contributed by atoms with Gasteiger partial charge in [0.15, 0.2) is 0 Å². The van der Waals surface area contributed by atoms with E-state index in [9.17, 15) is 18.0 Å². The van der Waals surface area contributed by atoms with Crippen molar-refractivity contribution in [2.24, 2.45) is 11.8 Å². The lowest BCUT2D eigenvalue weighted by Gasteiger charge is -2.30. The Hall–Kier alpha value is -2.42. The highest BCUT2D eigenvalue weighted by Gasteiger charge is 2.31. The molecule has 0 spiro atoms. The van der Waals surface area contributed by atoms with Crippen molar-refractivity contribution in [1.29, 1.82) is 0 Å². The van der Waals surface area contributed by atoms with E-state index in [-0.39, 0.29) is 33.2 Å². The van der Waals surface area contributed by atoms with Gasteiger partial charge in [-0.15, -0.1) is 0 Å². The summed E-state index contributed by atoms with van der Waals surface area (Å²) in [5.74, 6) is -0.418. The van der Waals surface area contributed by atoms with Crippen molar-refractivity contribution in [2.45, 2.75) is 38.5 Å². The van der Waals surface area contributed by atoms with Gasteiger partial charge in [0.25, 0.3) is 5.91 Å². The van der Waals surface area contributed by atoms with Crippen LogP contribution < -0.4 is 10.6 Å². The van der Waals surface area contributed by atoms with Crippen LogP contribution in [0, 0.1) is 11.8 Å². The van der Waals surface area contributed by atoms with Gasteiger partial charge in [-0.25, -0.2) is 8.42 Å². The molecule has 1 fully saturated rings. The molecule has 1 aliphatic rings. The Morgan fingerprint density at radius 1 is 1.06 bits per heavy atom. The number of sulfonamides is 1. The van der Waals surface area contributed by atoms with Crippen molar-refractivity contribution in [3.05, 3.63) is 53.1 Å². The molecular weight excluding hydrogens is 450 g/mol. The van der Waals surface area contributed by atoms with Crippen molar-refractivity contribution < 1.29 is 18.0 Å². The van der Waals surface area contributed by atoms with Crippen molar-refractivity contribution in [3.63, 3.8) is 0 Å². The minimum Gasteiger partial charge on any atom is -0.326 e. The van der Waals surface area contributed by atoms with Gasteiger partial charge in [0.2, 0.25) is 15.9 Å². The summed E-state index contributed by atoms with van der Waals surface area (Å²) in [4.78, 5) is 24.5. The van der Waals surface area contributed by atoms with E-state index in [1.165, 1.54) is 22.5 Å². The van der Waals surface area contributed by atoms with Crippen LogP contribution in [0.15, 0.2) is 47.4 Å². The first-order valence-corrected chi connectivity index (χ1v) is 12.4. The summed E-state index contributed by atoms with van der Waals surface area (Å²) in [5, 5.41) is 5.61. The summed E-state index contributed by atoms with van der Waals surface area (Å²) in [6.45, 7) is 6.51. The molecule has 7 nitrogen and oxygen atoms in total. The molecule has 1 atom stereocenters. The van der Waals surface area contributed by atoms with Gasteiger partial charge in [0.05, 0.1) is 5.02 Å². The average molecular weight is 478 g/mol. The average Bonchev–Trinajstić information content (AvgIpc) is 2.75. The molecule has 1 heterocycles. The molecule has 2 aromatic carbocycles. The number of piperidine rings is 1. The van der Waals surface area contributed by atoms with Crippen LogP contribution in [0.3, 0.4) is 0 Å². The normalized spacial score (nSPS) is 17.2. The first kappa shape index (κ1) is 24.2. The van der Waals surface area contributed by atoms with E-state index in [2.05, 4.69) is 10.6 Å². The number of carbonyl (C=O) groups is 2. The summed E-state index contributed by atoms with van der Waals surface area (Å²) >= 11 is 6.21. The lowest BCUT2D eigenvalue weighted by atomic mass is 10.0. The summed E-state index contributed by atoms with van der Waals surface area (Å²) in [7, 11) is -3.80. The Morgan fingerprint density at radius 3 is 2.28 bits per heavy atom. The molecule has 1 aliphatic heterocycles. The maximum absolute atomic E-state index is 13.1. The first-order chi connectivity index (χ1) is 15.1. The Morgan fingerprint density at radius 2 is 1.69 bits per heavy atom. The molecule has 172 valence electrons. The second kappa shape index (κ2) is 10.0. The number of amides is 2. The molecule has 0 aromatic heterocycles. The third-order valence-corrected chi connectivity index (χ3v) is 7.71. The molecule has 3 rings (SSSR count). The number of nitrogens with zero attached hydrogens (tertiary/aromatic N) is 1. The van der Waals surface area contributed by atoms with E-state index in [1.54, 1.807) is 38.1 Å². The number of nitrogens with one attached hydrogen (secondary N) is 2. The number of carbonyl (C=O) groups excluding carboxylic acids is 2. The Balaban J connectivity index is 1.76. The van der Waals surface area contributed by atoms with E-state index in [0.29, 0.717) is 24.5 Å². The van der Waals surface area contributed by atoms with Crippen LogP contribution >= 0.6 is 11.6 Å². The number of benzene rings is 2. The van der Waals surface area contributed by atoms with E-state index in [4.69, 9.17) is 11.6 Å². The van der Waals surface area contributed by atoms with Crippen LogP contribution in [-0.4, -0.2) is 37.6 Å². The molecule has 2 N–H and O–H groups in total. The van der Waals surface area contributed by atoms with Crippen molar-refractivity contribution in [1.82, 2.24) is 4.31 Å². The van der Waals surface area contributed by atoms with Gasteiger partial charge in [-0.1, -0.05) is 32.4 Å². The number of halogens is 1. The lowest BCUT2D eigenvalue weighted by Crippen LogP contribution is -2.39. The first-order valence-electron chi connectivity index (χ1n) is 10.6. The van der Waals surface area contributed by atoms with Gasteiger partial charge in [-0.3, -0.25) is 9.59 Å². The van der Waals surface area contributed by atoms with E-state index < -0.39 is 15.9 Å². The third kappa shape index (κ3) is 5.68. The molecule has 0 unspecified atom stereocenters. The highest BCUT2D eigenvalue weighted by atomic mass is 35.5. The summed E-state index contributed by atoms with van der Waals surface area (Å²) in [6.07, 6.45) is 1.79. The Kier molecular flexibility index (Phi) is 7.59. The maximum Gasteiger partial charge on any atom is 0.255 e. The van der Waals surface area contributed by atoms with Crippen LogP contribution in [0.2, 0.25) is 5.02 Å². The van der Waals surface area contributed by atoms with Crippen molar-refractivity contribution in [3.8, 4) is 0 Å². The molecule has 0 saturated carbocycles. The Labute approximate surface area is 194 Å². The zero-order valence-electron chi connectivity index (χ0n) is 18.4. The van der Waals surface area contributed by atoms with Gasteiger partial charge in [-0.2, -0.15) is 4.31 Å². The second-order valence-electron chi connectivity index (χ2n) is 8.43. The standard InChI is InChI=1S/C23H28ClN3O4S/c1-15(2)22(28)25-18-7-9-19(10-8-18)26-23(29)17-6-11-20(24)21(13-17)32(30,31)27-12-4-5-16(3)14-27/h6-11,13,15-16H,4-5,12,14H2,1-3H3,(H,25,28)(H,26,29)/t16-/m0/s1.